The van der Waals surface area contributed by atoms with Crippen molar-refractivity contribution in [2.45, 2.75) is 75.5 Å². The molecule has 202 valence electrons. The molecular formula is C26H32F2N2O6S. The summed E-state index contributed by atoms with van der Waals surface area (Å²) < 4.78 is 60.9. The molecule has 1 saturated heterocycles. The fourth-order valence-corrected chi connectivity index (χ4v) is 5.90. The van der Waals surface area contributed by atoms with Crippen molar-refractivity contribution in [3.63, 3.8) is 0 Å². The average Bonchev–Trinajstić information content (AvgIpc) is 2.84. The Hall–Kier alpha value is -3.05. The van der Waals surface area contributed by atoms with Crippen LogP contribution in [0.15, 0.2) is 53.4 Å². The molecule has 0 saturated carbocycles. The molecule has 0 bridgehead atoms. The predicted molar refractivity (Wildman–Crippen MR) is 133 cm³/mol. The van der Waals surface area contributed by atoms with Crippen LogP contribution in [0.2, 0.25) is 0 Å². The van der Waals surface area contributed by atoms with Crippen LogP contribution >= 0.6 is 0 Å². The topological polar surface area (TPSA) is 113 Å². The van der Waals surface area contributed by atoms with E-state index in [0.29, 0.717) is 31.1 Å². The second-order valence-corrected chi connectivity index (χ2v) is 11.3. The van der Waals surface area contributed by atoms with Gasteiger partial charge < -0.3 is 15.2 Å². The number of sulfonamides is 1. The Bertz CT molecular complexity index is 1210. The van der Waals surface area contributed by atoms with Crippen molar-refractivity contribution in [2.24, 2.45) is 0 Å². The molecule has 2 atom stereocenters. The van der Waals surface area contributed by atoms with Crippen LogP contribution in [0.4, 0.5) is 8.78 Å². The summed E-state index contributed by atoms with van der Waals surface area (Å²) in [5.41, 5.74) is 0.191. The number of nitrogens with zero attached hydrogens (tertiary/aromatic N) is 1. The maximum absolute atomic E-state index is 13.8. The highest BCUT2D eigenvalue weighted by molar-refractivity contribution is 7.89. The molecule has 0 aromatic heterocycles. The summed E-state index contributed by atoms with van der Waals surface area (Å²) in [7, 11) is -4.29. The van der Waals surface area contributed by atoms with Gasteiger partial charge in [-0.15, -0.1) is 0 Å². The van der Waals surface area contributed by atoms with E-state index in [1.54, 1.807) is 24.3 Å². The number of ether oxygens (including phenoxy) is 1. The van der Waals surface area contributed by atoms with Crippen LogP contribution in [0.1, 0.15) is 51.2 Å². The lowest BCUT2D eigenvalue weighted by molar-refractivity contribution is -0.142. The number of hydrogen-bond acceptors (Lipinski definition) is 5. The molecule has 1 heterocycles. The van der Waals surface area contributed by atoms with Gasteiger partial charge in [0.1, 0.15) is 17.8 Å². The fourth-order valence-electron chi connectivity index (χ4n) is 4.20. The lowest BCUT2D eigenvalue weighted by atomic mass is 10.0. The summed E-state index contributed by atoms with van der Waals surface area (Å²) >= 11 is 0. The molecule has 37 heavy (non-hydrogen) atoms. The molecule has 0 unspecified atom stereocenters. The molecule has 0 aliphatic carbocycles. The summed E-state index contributed by atoms with van der Waals surface area (Å²) in [5.74, 6) is -4.62. The van der Waals surface area contributed by atoms with Crippen molar-refractivity contribution in [2.75, 3.05) is 6.54 Å². The number of carboxylic acid groups (broad SMARTS) is 1. The van der Waals surface area contributed by atoms with Crippen LogP contribution in [0.3, 0.4) is 0 Å². The maximum Gasteiger partial charge on any atom is 0.326 e. The molecule has 1 fully saturated rings. The van der Waals surface area contributed by atoms with Gasteiger partial charge in [-0.05, 0) is 56.5 Å². The van der Waals surface area contributed by atoms with Crippen molar-refractivity contribution in [1.29, 1.82) is 0 Å². The number of carbonyl (C=O) groups is 2. The number of carbonyl (C=O) groups excluding carboxylic acids is 1. The van der Waals surface area contributed by atoms with Gasteiger partial charge in [-0.25, -0.2) is 22.0 Å². The van der Waals surface area contributed by atoms with Gasteiger partial charge in [0, 0.05) is 25.5 Å². The van der Waals surface area contributed by atoms with E-state index in [9.17, 15) is 31.9 Å². The Labute approximate surface area is 215 Å². The number of alkyl halides is 2. The zero-order valence-corrected chi connectivity index (χ0v) is 21.8. The van der Waals surface area contributed by atoms with Gasteiger partial charge in [-0.1, -0.05) is 30.7 Å². The summed E-state index contributed by atoms with van der Waals surface area (Å²) in [5, 5.41) is 12.2. The predicted octanol–water partition coefficient (Wildman–Crippen LogP) is 3.94. The Morgan fingerprint density at radius 1 is 1.16 bits per heavy atom. The first kappa shape index (κ1) is 28.5. The third-order valence-electron chi connectivity index (χ3n) is 6.05. The quantitative estimate of drug-likeness (QED) is 0.474. The average molecular weight is 539 g/mol. The number of nitrogens with one attached hydrogen (secondary N) is 1. The molecular weight excluding hydrogens is 506 g/mol. The molecule has 0 spiro atoms. The highest BCUT2D eigenvalue weighted by Gasteiger charge is 2.39. The summed E-state index contributed by atoms with van der Waals surface area (Å²) in [6.45, 7) is 4.46. The maximum atomic E-state index is 13.8. The summed E-state index contributed by atoms with van der Waals surface area (Å²) in [6.07, 6.45) is 1.19. The van der Waals surface area contributed by atoms with Gasteiger partial charge in [0.25, 0.3) is 5.92 Å². The van der Waals surface area contributed by atoms with Gasteiger partial charge in [0.15, 0.2) is 0 Å². The summed E-state index contributed by atoms with van der Waals surface area (Å²) in [6, 6.07) is 8.85. The lowest BCUT2D eigenvalue weighted by Gasteiger charge is -2.34. The van der Waals surface area contributed by atoms with Gasteiger partial charge in [0.05, 0.1) is 11.0 Å². The molecule has 1 aliphatic heterocycles. The Morgan fingerprint density at radius 3 is 2.43 bits per heavy atom. The number of piperidine rings is 1. The lowest BCUT2D eigenvalue weighted by Crippen LogP contribution is -2.55. The van der Waals surface area contributed by atoms with Crippen LogP contribution < -0.4 is 10.1 Å². The van der Waals surface area contributed by atoms with E-state index in [1.807, 2.05) is 13.8 Å². The normalized spacial score (nSPS) is 17.8. The third kappa shape index (κ3) is 7.26. The number of halogens is 2. The van der Waals surface area contributed by atoms with Crippen LogP contribution in [-0.4, -0.2) is 54.4 Å². The highest BCUT2D eigenvalue weighted by atomic mass is 32.2. The zero-order chi connectivity index (χ0) is 27.4. The monoisotopic (exact) mass is 538 g/mol. The molecule has 1 amide bonds. The van der Waals surface area contributed by atoms with Crippen molar-refractivity contribution in [3.8, 4) is 5.75 Å². The minimum atomic E-state index is -4.29. The van der Waals surface area contributed by atoms with Crippen LogP contribution in [0, 0.1) is 0 Å². The second-order valence-electron chi connectivity index (χ2n) is 9.46. The van der Waals surface area contributed by atoms with Gasteiger partial charge >= 0.3 is 5.97 Å². The molecule has 2 N–H and O–H groups in total. The molecule has 1 aliphatic rings. The molecule has 2 aromatic rings. The molecule has 3 rings (SSSR count). The van der Waals surface area contributed by atoms with E-state index < -0.39 is 45.5 Å². The number of carboxylic acids is 1. The van der Waals surface area contributed by atoms with Gasteiger partial charge in [0.2, 0.25) is 15.9 Å². The first-order valence-electron chi connectivity index (χ1n) is 12.1. The second kappa shape index (κ2) is 11.6. The van der Waals surface area contributed by atoms with Crippen molar-refractivity contribution in [3.05, 3.63) is 59.7 Å². The van der Waals surface area contributed by atoms with Crippen molar-refractivity contribution >= 4 is 21.9 Å². The van der Waals surface area contributed by atoms with Crippen LogP contribution in [-0.2, 0) is 32.0 Å². The zero-order valence-electron chi connectivity index (χ0n) is 21.0. The largest absolute Gasteiger partial charge is 0.491 e. The number of benzene rings is 2. The van der Waals surface area contributed by atoms with Gasteiger partial charge in [-0.2, -0.15) is 4.31 Å². The minimum absolute atomic E-state index is 0.0161. The van der Waals surface area contributed by atoms with Crippen molar-refractivity contribution in [1.82, 2.24) is 9.62 Å². The minimum Gasteiger partial charge on any atom is -0.491 e. The van der Waals surface area contributed by atoms with E-state index in [0.717, 1.165) is 16.4 Å². The van der Waals surface area contributed by atoms with E-state index in [-0.39, 0.29) is 30.4 Å². The standard InChI is InChI=1S/C26H32F2N2O6S/c1-17(2)36-20-12-10-18(11-13-20)15-22(25(32)33)29-24(31)23-9-4-5-14-30(23)37(34,35)21-8-6-7-19(16-21)26(3,27)28/h6-8,10-13,16-17,22-23H,4-5,9,14-15H2,1-3H3,(H,29,31)(H,32,33)/t22-,23-/m0/s1. The Balaban J connectivity index is 1.79. The number of rotatable bonds is 10. The molecule has 0 radical (unpaired) electrons. The Morgan fingerprint density at radius 2 is 1.84 bits per heavy atom. The Kier molecular flexibility index (Phi) is 8.91. The van der Waals surface area contributed by atoms with E-state index in [1.165, 1.54) is 12.1 Å². The number of aliphatic carboxylic acids is 1. The third-order valence-corrected chi connectivity index (χ3v) is 7.96. The first-order chi connectivity index (χ1) is 17.3. The summed E-state index contributed by atoms with van der Waals surface area (Å²) in [4.78, 5) is 24.8. The van der Waals surface area contributed by atoms with Crippen LogP contribution in [0.25, 0.3) is 0 Å². The SMILES string of the molecule is CC(C)Oc1ccc(C[C@H](NC(=O)[C@@H]2CCCCN2S(=O)(=O)c2cccc(C(C)(F)F)c2)C(=O)O)cc1. The highest BCUT2D eigenvalue weighted by Crippen LogP contribution is 2.31. The van der Waals surface area contributed by atoms with Crippen molar-refractivity contribution < 1.29 is 36.6 Å². The fraction of sp³-hybridized carbons (Fsp3) is 0.462. The van der Waals surface area contributed by atoms with E-state index >= 15 is 0 Å². The van der Waals surface area contributed by atoms with E-state index in [2.05, 4.69) is 5.32 Å². The van der Waals surface area contributed by atoms with Crippen LogP contribution in [0.5, 0.6) is 5.75 Å². The van der Waals surface area contributed by atoms with Gasteiger partial charge in [-0.3, -0.25) is 4.79 Å². The number of hydrogen-bond donors (Lipinski definition) is 2. The first-order valence-corrected chi connectivity index (χ1v) is 13.5. The number of amides is 1. The molecule has 11 heteroatoms. The smallest absolute Gasteiger partial charge is 0.326 e. The molecule has 2 aromatic carbocycles. The van der Waals surface area contributed by atoms with E-state index in [4.69, 9.17) is 4.74 Å². The molecule has 8 nitrogen and oxygen atoms in total.